The molecule has 2 aromatic carbocycles. The number of halogens is 3. The molecule has 0 spiro atoms. The topological polar surface area (TPSA) is 22.1 Å². The van der Waals surface area contributed by atoms with E-state index in [0.717, 1.165) is 0 Å². The minimum atomic E-state index is -0.474. The van der Waals surface area contributed by atoms with Gasteiger partial charge in [-0.1, -0.05) is 22.0 Å². The predicted molar refractivity (Wildman–Crippen MR) is 80.1 cm³/mol. The first-order valence-corrected chi connectivity index (χ1v) is 7.04. The van der Waals surface area contributed by atoms with Crippen LogP contribution in [0.4, 0.5) is 8.78 Å². The molecule has 0 atom stereocenters. The fourth-order valence-electron chi connectivity index (χ4n) is 2.09. The molecule has 0 unspecified atom stereocenters. The number of pyridine rings is 1. The second-order valence-electron chi connectivity index (χ2n) is 4.50. The molecule has 0 amide bonds. The number of rotatable bonds is 3. The Bertz CT molecular complexity index is 807. The smallest absolute Gasteiger partial charge is 0.166 e. The summed E-state index contributed by atoms with van der Waals surface area (Å²) in [7, 11) is 0. The van der Waals surface area contributed by atoms with Gasteiger partial charge in [-0.3, -0.25) is 4.98 Å². The molecule has 5 heteroatoms. The van der Waals surface area contributed by atoms with Crippen molar-refractivity contribution in [3.63, 3.8) is 0 Å². The maximum absolute atomic E-state index is 13.7. The summed E-state index contributed by atoms with van der Waals surface area (Å²) < 4.78 is 33.4. The molecule has 0 fully saturated rings. The summed E-state index contributed by atoms with van der Waals surface area (Å²) in [4.78, 5) is 4.22. The van der Waals surface area contributed by atoms with Crippen molar-refractivity contribution in [2.45, 2.75) is 6.61 Å². The monoisotopic (exact) mass is 349 g/mol. The highest BCUT2D eigenvalue weighted by molar-refractivity contribution is 9.10. The van der Waals surface area contributed by atoms with Crippen LogP contribution in [-0.2, 0) is 6.61 Å². The second kappa shape index (κ2) is 5.77. The van der Waals surface area contributed by atoms with E-state index in [1.807, 2.05) is 0 Å². The lowest BCUT2D eigenvalue weighted by Crippen LogP contribution is -2.00. The molecule has 3 aromatic rings. The largest absolute Gasteiger partial charge is 0.486 e. The summed E-state index contributed by atoms with van der Waals surface area (Å²) >= 11 is 3.18. The van der Waals surface area contributed by atoms with Gasteiger partial charge in [-0.15, -0.1) is 0 Å². The van der Waals surface area contributed by atoms with Crippen molar-refractivity contribution in [1.82, 2.24) is 4.98 Å². The molecule has 2 nitrogen and oxygen atoms in total. The highest BCUT2D eigenvalue weighted by atomic mass is 79.9. The van der Waals surface area contributed by atoms with Crippen LogP contribution in [0.1, 0.15) is 5.56 Å². The van der Waals surface area contributed by atoms with Crippen molar-refractivity contribution >= 4 is 26.8 Å². The van der Waals surface area contributed by atoms with Crippen molar-refractivity contribution < 1.29 is 13.5 Å². The van der Waals surface area contributed by atoms with E-state index in [1.54, 1.807) is 24.4 Å². The fraction of sp³-hybridized carbons (Fsp3) is 0.0625. The van der Waals surface area contributed by atoms with Gasteiger partial charge in [-0.25, -0.2) is 8.78 Å². The van der Waals surface area contributed by atoms with Crippen LogP contribution < -0.4 is 4.74 Å². The van der Waals surface area contributed by atoms with Gasteiger partial charge in [0, 0.05) is 21.6 Å². The van der Waals surface area contributed by atoms with Gasteiger partial charge in [0.15, 0.2) is 11.6 Å². The van der Waals surface area contributed by atoms with E-state index in [1.165, 1.54) is 24.3 Å². The number of hydrogen-bond acceptors (Lipinski definition) is 2. The van der Waals surface area contributed by atoms with E-state index in [9.17, 15) is 8.78 Å². The second-order valence-corrected chi connectivity index (χ2v) is 5.42. The first kappa shape index (κ1) is 13.9. The van der Waals surface area contributed by atoms with E-state index in [0.29, 0.717) is 20.9 Å². The number of fused-ring (bicyclic) bond motifs is 1. The van der Waals surface area contributed by atoms with E-state index in [2.05, 4.69) is 20.9 Å². The normalized spacial score (nSPS) is 10.8. The Kier molecular flexibility index (Phi) is 3.84. The zero-order valence-corrected chi connectivity index (χ0v) is 12.4. The summed E-state index contributed by atoms with van der Waals surface area (Å²) in [6.45, 7) is 0.0455. The van der Waals surface area contributed by atoms with Gasteiger partial charge in [0.25, 0.3) is 0 Å². The highest BCUT2D eigenvalue weighted by Gasteiger charge is 2.08. The zero-order valence-electron chi connectivity index (χ0n) is 10.8. The maximum Gasteiger partial charge on any atom is 0.166 e. The predicted octanol–water partition coefficient (Wildman–Crippen LogP) is 4.85. The summed E-state index contributed by atoms with van der Waals surface area (Å²) in [5, 5.41) is 0.687. The van der Waals surface area contributed by atoms with E-state index in [-0.39, 0.29) is 18.2 Å². The summed E-state index contributed by atoms with van der Waals surface area (Å²) in [6.07, 6.45) is 1.63. The Balaban J connectivity index is 1.91. The highest BCUT2D eigenvalue weighted by Crippen LogP contribution is 2.24. The summed E-state index contributed by atoms with van der Waals surface area (Å²) in [5.74, 6) is -0.727. The molecule has 106 valence electrons. The maximum atomic E-state index is 13.7. The standard InChI is InChI=1S/C16H10BrF2NO/c17-12-3-4-15(14(19)8-12)21-9-11-7-13(18)6-10-2-1-5-20-16(10)11/h1-8H,9H2. The Labute approximate surface area is 128 Å². The quantitative estimate of drug-likeness (QED) is 0.673. The van der Waals surface area contributed by atoms with Crippen LogP contribution in [0.5, 0.6) is 5.75 Å². The molecular formula is C16H10BrF2NO. The van der Waals surface area contributed by atoms with Gasteiger partial charge in [0.2, 0.25) is 0 Å². The van der Waals surface area contributed by atoms with E-state index < -0.39 is 5.82 Å². The molecule has 0 aliphatic rings. The third-order valence-electron chi connectivity index (χ3n) is 3.03. The lowest BCUT2D eigenvalue weighted by molar-refractivity contribution is 0.291. The zero-order chi connectivity index (χ0) is 14.8. The van der Waals surface area contributed by atoms with Crippen molar-refractivity contribution in [2.24, 2.45) is 0 Å². The van der Waals surface area contributed by atoms with Gasteiger partial charge in [0.05, 0.1) is 5.52 Å². The number of hydrogen-bond donors (Lipinski definition) is 0. The van der Waals surface area contributed by atoms with Crippen LogP contribution in [0.2, 0.25) is 0 Å². The third-order valence-corrected chi connectivity index (χ3v) is 3.52. The molecule has 0 N–H and O–H groups in total. The Morgan fingerprint density at radius 3 is 2.76 bits per heavy atom. The lowest BCUT2D eigenvalue weighted by atomic mass is 10.1. The first-order chi connectivity index (χ1) is 10.1. The van der Waals surface area contributed by atoms with Crippen LogP contribution in [-0.4, -0.2) is 4.98 Å². The Morgan fingerprint density at radius 2 is 1.95 bits per heavy atom. The third kappa shape index (κ3) is 3.03. The van der Waals surface area contributed by atoms with Gasteiger partial charge in [0.1, 0.15) is 12.4 Å². The lowest BCUT2D eigenvalue weighted by Gasteiger charge is -2.09. The minimum absolute atomic E-state index is 0.0455. The van der Waals surface area contributed by atoms with Gasteiger partial charge >= 0.3 is 0 Å². The number of nitrogens with zero attached hydrogens (tertiary/aromatic N) is 1. The molecule has 0 aliphatic heterocycles. The number of benzene rings is 2. The van der Waals surface area contributed by atoms with Crippen molar-refractivity contribution in [3.8, 4) is 5.75 Å². The van der Waals surface area contributed by atoms with Crippen LogP contribution in [0.25, 0.3) is 10.9 Å². The minimum Gasteiger partial charge on any atom is -0.486 e. The van der Waals surface area contributed by atoms with Gasteiger partial charge in [-0.2, -0.15) is 0 Å². The van der Waals surface area contributed by atoms with E-state index >= 15 is 0 Å². The fourth-order valence-corrected chi connectivity index (χ4v) is 2.42. The van der Waals surface area contributed by atoms with Crippen LogP contribution in [0, 0.1) is 11.6 Å². The van der Waals surface area contributed by atoms with Crippen LogP contribution in [0.3, 0.4) is 0 Å². The van der Waals surface area contributed by atoms with Gasteiger partial charge in [-0.05, 0) is 36.4 Å². The van der Waals surface area contributed by atoms with Crippen molar-refractivity contribution in [3.05, 3.63) is 70.3 Å². The SMILES string of the molecule is Fc1cc(COc2ccc(Br)cc2F)c2ncccc2c1. The average Bonchev–Trinajstić information content (AvgIpc) is 2.46. The first-order valence-electron chi connectivity index (χ1n) is 6.24. The summed E-state index contributed by atoms with van der Waals surface area (Å²) in [6, 6.07) is 10.8. The number of aromatic nitrogens is 1. The molecule has 1 heterocycles. The molecule has 21 heavy (non-hydrogen) atoms. The molecule has 3 rings (SSSR count). The number of ether oxygens (including phenoxy) is 1. The van der Waals surface area contributed by atoms with Crippen LogP contribution >= 0.6 is 15.9 Å². The Morgan fingerprint density at radius 1 is 1.10 bits per heavy atom. The van der Waals surface area contributed by atoms with Crippen molar-refractivity contribution in [2.75, 3.05) is 0 Å². The average molecular weight is 350 g/mol. The van der Waals surface area contributed by atoms with Crippen molar-refractivity contribution in [1.29, 1.82) is 0 Å². The molecule has 1 aromatic heterocycles. The van der Waals surface area contributed by atoms with Gasteiger partial charge < -0.3 is 4.74 Å². The van der Waals surface area contributed by atoms with E-state index in [4.69, 9.17) is 4.74 Å². The molecule has 0 bridgehead atoms. The van der Waals surface area contributed by atoms with Crippen LogP contribution in [0.15, 0.2) is 53.1 Å². The molecule has 0 saturated heterocycles. The molecular weight excluding hydrogens is 340 g/mol. The molecule has 0 saturated carbocycles. The Hall–Kier alpha value is -2.01. The summed E-state index contributed by atoms with van der Waals surface area (Å²) in [5.41, 5.74) is 1.23. The molecule has 0 aliphatic carbocycles. The molecule has 0 radical (unpaired) electrons.